The van der Waals surface area contributed by atoms with Crippen LogP contribution in [0.4, 0.5) is 0 Å². The molecule has 0 aromatic rings. The number of carbonyl (C=O) groups excluding carboxylic acids is 1. The lowest BCUT2D eigenvalue weighted by Crippen LogP contribution is -2.34. The monoisotopic (exact) mass is 300 g/mol. The van der Waals surface area contributed by atoms with E-state index in [1.807, 2.05) is 0 Å². The molecule has 0 fully saturated rings. The zero-order valence-corrected chi connectivity index (χ0v) is 15.7. The third kappa shape index (κ3) is 3.14. The molecule has 0 aromatic heterocycles. The van der Waals surface area contributed by atoms with Gasteiger partial charge in [0.15, 0.2) is 5.78 Å². The Morgan fingerprint density at radius 2 is 1.32 bits per heavy atom. The largest absolute Gasteiger partial charge is 0.289 e. The average molecular weight is 300 g/mol. The Kier molecular flexibility index (Phi) is 4.09. The van der Waals surface area contributed by atoms with Gasteiger partial charge in [0, 0.05) is 16.6 Å². The van der Waals surface area contributed by atoms with Gasteiger partial charge in [-0.15, -0.1) is 0 Å². The molecule has 0 bridgehead atoms. The zero-order chi connectivity index (χ0) is 16.9. The lowest BCUT2D eigenvalue weighted by atomic mass is 9.62. The molecule has 0 saturated heterocycles. The van der Waals surface area contributed by atoms with Crippen molar-refractivity contribution < 1.29 is 4.79 Å². The van der Waals surface area contributed by atoms with Crippen LogP contribution < -0.4 is 0 Å². The SMILES string of the molecule is CC1=C(C)CC2(C=C(C(C)(C)C)C(=O)C(C(C)(C)C)=C2)CC1. The molecule has 0 unspecified atom stereocenters. The van der Waals surface area contributed by atoms with Crippen LogP contribution in [-0.2, 0) is 4.79 Å². The molecule has 0 radical (unpaired) electrons. The van der Waals surface area contributed by atoms with E-state index in [0.717, 1.165) is 30.4 Å². The molecule has 0 saturated carbocycles. The van der Waals surface area contributed by atoms with Crippen LogP contribution in [0.25, 0.3) is 0 Å². The van der Waals surface area contributed by atoms with Gasteiger partial charge in [-0.3, -0.25) is 4.79 Å². The Balaban J connectivity index is 2.60. The third-order valence-electron chi connectivity index (χ3n) is 5.26. The molecule has 0 atom stereocenters. The Morgan fingerprint density at radius 3 is 1.68 bits per heavy atom. The first-order valence-corrected chi connectivity index (χ1v) is 8.52. The van der Waals surface area contributed by atoms with Gasteiger partial charge in [-0.05, 0) is 43.9 Å². The predicted octanol–water partition coefficient (Wildman–Crippen LogP) is 6.02. The molecule has 0 heterocycles. The van der Waals surface area contributed by atoms with Crippen LogP contribution >= 0.6 is 0 Å². The lowest BCUT2D eigenvalue weighted by molar-refractivity contribution is -0.114. The first kappa shape index (κ1) is 17.2. The van der Waals surface area contributed by atoms with Crippen molar-refractivity contribution in [2.75, 3.05) is 0 Å². The van der Waals surface area contributed by atoms with Gasteiger partial charge in [0.1, 0.15) is 0 Å². The second-order valence-electron chi connectivity index (χ2n) is 9.42. The molecule has 22 heavy (non-hydrogen) atoms. The quantitative estimate of drug-likeness (QED) is 0.500. The van der Waals surface area contributed by atoms with Gasteiger partial charge < -0.3 is 0 Å². The highest BCUT2D eigenvalue weighted by molar-refractivity contribution is 6.11. The van der Waals surface area contributed by atoms with E-state index in [9.17, 15) is 4.79 Å². The van der Waals surface area contributed by atoms with Crippen LogP contribution in [0.5, 0.6) is 0 Å². The minimum absolute atomic E-state index is 0.0444. The predicted molar refractivity (Wildman–Crippen MR) is 94.7 cm³/mol. The molecule has 0 N–H and O–H groups in total. The van der Waals surface area contributed by atoms with Crippen molar-refractivity contribution in [2.45, 2.75) is 74.7 Å². The first-order chi connectivity index (χ1) is 9.86. The molecular formula is C21H32O. The molecule has 1 heteroatoms. The van der Waals surface area contributed by atoms with Crippen molar-refractivity contribution in [3.63, 3.8) is 0 Å². The van der Waals surface area contributed by atoms with Crippen LogP contribution in [0.2, 0.25) is 0 Å². The van der Waals surface area contributed by atoms with E-state index in [2.05, 4.69) is 67.5 Å². The number of hydrogen-bond acceptors (Lipinski definition) is 1. The number of ketones is 1. The lowest BCUT2D eigenvalue weighted by Gasteiger charge is -2.41. The van der Waals surface area contributed by atoms with Crippen LogP contribution in [0, 0.1) is 16.2 Å². The summed E-state index contributed by atoms with van der Waals surface area (Å²) in [5.74, 6) is 0.259. The van der Waals surface area contributed by atoms with Crippen molar-refractivity contribution in [2.24, 2.45) is 16.2 Å². The number of Topliss-reactive ketones (excluding diaryl/α,β-unsaturated/α-hetero) is 1. The number of rotatable bonds is 0. The molecular weight excluding hydrogens is 268 g/mol. The number of hydrogen-bond donors (Lipinski definition) is 0. The molecule has 2 aliphatic rings. The Morgan fingerprint density at radius 1 is 0.864 bits per heavy atom. The third-order valence-corrected chi connectivity index (χ3v) is 5.26. The van der Waals surface area contributed by atoms with E-state index in [4.69, 9.17) is 0 Å². The summed E-state index contributed by atoms with van der Waals surface area (Å²) in [5.41, 5.74) is 4.88. The van der Waals surface area contributed by atoms with Crippen molar-refractivity contribution in [3.05, 3.63) is 34.4 Å². The first-order valence-electron chi connectivity index (χ1n) is 8.52. The number of carbonyl (C=O) groups is 1. The van der Waals surface area contributed by atoms with Crippen LogP contribution in [0.15, 0.2) is 34.4 Å². The summed E-state index contributed by atoms with van der Waals surface area (Å²) in [7, 11) is 0. The summed E-state index contributed by atoms with van der Waals surface area (Å²) >= 11 is 0. The molecule has 0 amide bonds. The van der Waals surface area contributed by atoms with E-state index in [-0.39, 0.29) is 22.0 Å². The van der Waals surface area contributed by atoms with Crippen molar-refractivity contribution in [1.82, 2.24) is 0 Å². The summed E-state index contributed by atoms with van der Waals surface area (Å²) < 4.78 is 0. The highest BCUT2D eigenvalue weighted by Gasteiger charge is 2.41. The smallest absolute Gasteiger partial charge is 0.185 e. The topological polar surface area (TPSA) is 17.1 Å². The highest BCUT2D eigenvalue weighted by atomic mass is 16.1. The van der Waals surface area contributed by atoms with E-state index in [1.165, 1.54) is 11.1 Å². The average Bonchev–Trinajstić information content (AvgIpc) is 2.34. The van der Waals surface area contributed by atoms with Crippen LogP contribution in [0.3, 0.4) is 0 Å². The van der Waals surface area contributed by atoms with Gasteiger partial charge in [0.2, 0.25) is 0 Å². The normalized spacial score (nSPS) is 22.8. The Hall–Kier alpha value is -1.11. The van der Waals surface area contributed by atoms with Crippen molar-refractivity contribution >= 4 is 5.78 Å². The fourth-order valence-electron chi connectivity index (χ4n) is 3.62. The van der Waals surface area contributed by atoms with Gasteiger partial charge in [0.05, 0.1) is 0 Å². The fourth-order valence-corrected chi connectivity index (χ4v) is 3.62. The van der Waals surface area contributed by atoms with E-state index in [1.54, 1.807) is 0 Å². The fraction of sp³-hybridized carbons (Fsp3) is 0.667. The summed E-state index contributed by atoms with van der Waals surface area (Å²) in [6, 6.07) is 0. The maximum absolute atomic E-state index is 13.0. The second-order valence-corrected chi connectivity index (χ2v) is 9.42. The summed E-state index contributed by atoms with van der Waals surface area (Å²) in [6.45, 7) is 17.5. The zero-order valence-electron chi connectivity index (χ0n) is 15.7. The summed E-state index contributed by atoms with van der Waals surface area (Å²) in [4.78, 5) is 13.0. The van der Waals surface area contributed by atoms with E-state index in [0.29, 0.717) is 0 Å². The molecule has 2 rings (SSSR count). The molecule has 1 nitrogen and oxygen atoms in total. The maximum atomic E-state index is 13.0. The molecule has 2 aliphatic carbocycles. The summed E-state index contributed by atoms with van der Waals surface area (Å²) in [6.07, 6.45) is 7.94. The van der Waals surface area contributed by atoms with Crippen LogP contribution in [-0.4, -0.2) is 5.78 Å². The van der Waals surface area contributed by atoms with Gasteiger partial charge in [0.25, 0.3) is 0 Å². The standard InChI is InChI=1S/C21H32O/c1-14-9-10-21(11-15(14)2)12-16(19(3,4)5)18(22)17(13-21)20(6,7)8/h12-13H,9-11H2,1-8H3. The van der Waals surface area contributed by atoms with Crippen LogP contribution in [0.1, 0.15) is 74.7 Å². The molecule has 0 aromatic carbocycles. The molecule has 1 spiro atoms. The highest BCUT2D eigenvalue weighted by Crippen LogP contribution is 2.50. The van der Waals surface area contributed by atoms with Crippen molar-refractivity contribution in [3.8, 4) is 0 Å². The van der Waals surface area contributed by atoms with Crippen molar-refractivity contribution in [1.29, 1.82) is 0 Å². The molecule has 122 valence electrons. The number of allylic oxidation sites excluding steroid dienone is 6. The van der Waals surface area contributed by atoms with Gasteiger partial charge in [-0.25, -0.2) is 0 Å². The second kappa shape index (κ2) is 5.22. The maximum Gasteiger partial charge on any atom is 0.185 e. The van der Waals surface area contributed by atoms with Gasteiger partial charge in [-0.1, -0.05) is 64.8 Å². The minimum atomic E-state index is -0.0983. The Labute approximate surface area is 136 Å². The van der Waals surface area contributed by atoms with E-state index >= 15 is 0 Å². The minimum Gasteiger partial charge on any atom is -0.289 e. The Bertz CT molecular complexity index is 548. The van der Waals surface area contributed by atoms with Gasteiger partial charge in [-0.2, -0.15) is 0 Å². The molecule has 0 aliphatic heterocycles. The van der Waals surface area contributed by atoms with Gasteiger partial charge >= 0.3 is 0 Å². The van der Waals surface area contributed by atoms with E-state index < -0.39 is 0 Å². The summed E-state index contributed by atoms with van der Waals surface area (Å²) in [5, 5.41) is 0.